The van der Waals surface area contributed by atoms with Crippen LogP contribution in [0.1, 0.15) is 2.85 Å². The summed E-state index contributed by atoms with van der Waals surface area (Å²) in [5.74, 6) is 0. The van der Waals surface area contributed by atoms with Crippen LogP contribution < -0.4 is 0 Å². The third-order valence-electron chi connectivity index (χ3n) is 2.31. The Morgan fingerprint density at radius 2 is 0.824 bits per heavy atom. The molecule has 0 aromatic rings. The zero-order valence-electron chi connectivity index (χ0n) is 26.4. The molecule has 0 bridgehead atoms. The minimum absolute atomic E-state index is 0. The van der Waals surface area contributed by atoms with Gasteiger partial charge < -0.3 is 19.1 Å². The molecule has 0 fully saturated rings. The zero-order valence-corrected chi connectivity index (χ0v) is 44.4. The molecular weight excluding hydrogens is 999 g/mol. The molecule has 0 radical (unpaired) electrons. The Labute approximate surface area is 280 Å². The first kappa shape index (κ1) is 58.2. The van der Waals surface area contributed by atoms with Crippen LogP contribution in [0.15, 0.2) is 0 Å². The van der Waals surface area contributed by atoms with Crippen LogP contribution in [-0.4, -0.2) is 161 Å². The van der Waals surface area contributed by atoms with Crippen molar-refractivity contribution >= 4 is 136 Å². The van der Waals surface area contributed by atoms with Crippen molar-refractivity contribution in [1.29, 1.82) is 0 Å². The zero-order chi connectivity index (χ0) is 26.6. The molecule has 0 aromatic heterocycles. The molecule has 0 amide bonds. The maximum atomic E-state index is 7.00. The van der Waals surface area contributed by atoms with Gasteiger partial charge in [0.25, 0.3) is 0 Å². The van der Waals surface area contributed by atoms with Gasteiger partial charge in [-0.3, -0.25) is 0 Å². The Bertz CT molecular complexity index is 339. The van der Waals surface area contributed by atoms with Gasteiger partial charge in [0, 0.05) is 17.1 Å². The topological polar surface area (TPSA) is 70.2 Å². The van der Waals surface area contributed by atoms with Gasteiger partial charge in [0.15, 0.2) is 26.4 Å². The summed E-state index contributed by atoms with van der Waals surface area (Å²) in [7, 11) is 0.306. The van der Waals surface area contributed by atoms with E-state index in [0.29, 0.717) is 38.7 Å². The van der Waals surface area contributed by atoms with Crippen LogP contribution in [0.25, 0.3) is 0 Å². The molecule has 15 heteroatoms. The van der Waals surface area contributed by atoms with Crippen molar-refractivity contribution in [3.8, 4) is 0 Å². The van der Waals surface area contributed by atoms with Crippen LogP contribution in [0.4, 0.5) is 0 Å². The second-order valence-corrected chi connectivity index (χ2v) is 84.9. The van der Waals surface area contributed by atoms with Gasteiger partial charge in [-0.1, -0.05) is 0 Å². The summed E-state index contributed by atoms with van der Waals surface area (Å²) in [6.07, 6.45) is -0.0733. The molecular formula is C19H72O4Si7Te4. The van der Waals surface area contributed by atoms with E-state index in [1.54, 1.807) is 7.11 Å². The summed E-state index contributed by atoms with van der Waals surface area (Å²) in [6.45, 7) is 40.4. The summed E-state index contributed by atoms with van der Waals surface area (Å²) in [5.41, 5.74) is -1.20. The third-order valence-corrected chi connectivity index (χ3v) is 76.6. The molecule has 0 atom stereocenters. The molecule has 0 unspecified atom stereocenters. The SMILES string of the molecule is CO.CO[Si](C)(C)C.C[SiH](C)O[SiH](C)C.C[SiH](C)[Te][SiH](C)C.C[Si](C)(C)[Te][Si](C)(C)C.O.[HH].[HH].[TeH2].[TeH2]. The fourth-order valence-electron chi connectivity index (χ4n) is 2.01. The molecule has 0 aliphatic carbocycles. The fourth-order valence-corrected chi connectivity index (χ4v) is 93.2. The molecule has 0 heterocycles. The van der Waals surface area contributed by atoms with Crippen molar-refractivity contribution in [3.63, 3.8) is 0 Å². The summed E-state index contributed by atoms with van der Waals surface area (Å²) in [6, 6.07) is 0. The second-order valence-electron chi connectivity index (χ2n) is 11.1. The normalized spacial score (nSPS) is 10.6. The van der Waals surface area contributed by atoms with Crippen molar-refractivity contribution in [2.24, 2.45) is 0 Å². The Hall–Kier alpha value is 4.52. The van der Waals surface area contributed by atoms with E-state index < -0.39 is 37.6 Å². The van der Waals surface area contributed by atoms with Crippen molar-refractivity contribution in [2.45, 2.75) is 111 Å². The quantitative estimate of drug-likeness (QED) is 0.400. The molecule has 3 N–H and O–H groups in total. The molecule has 0 rings (SSSR count). The Kier molecular flexibility index (Phi) is 57.7. The molecule has 0 aromatic carbocycles. The molecule has 224 valence electrons. The average Bonchev–Trinajstić information content (AvgIpc) is 2.43. The van der Waals surface area contributed by atoms with Crippen molar-refractivity contribution in [1.82, 2.24) is 0 Å². The summed E-state index contributed by atoms with van der Waals surface area (Å²) in [5, 5.41) is 7.00. The van der Waals surface area contributed by atoms with Gasteiger partial charge in [-0.05, 0) is 45.8 Å². The van der Waals surface area contributed by atoms with Crippen LogP contribution in [0.3, 0.4) is 0 Å². The van der Waals surface area contributed by atoms with E-state index in [9.17, 15) is 0 Å². The van der Waals surface area contributed by atoms with E-state index >= 15 is 0 Å². The Balaban J connectivity index is -0.0000000295. The van der Waals surface area contributed by atoms with Crippen LogP contribution in [0.2, 0.25) is 111 Å². The van der Waals surface area contributed by atoms with Crippen LogP contribution in [0, 0.1) is 0 Å². The predicted molar refractivity (Wildman–Crippen MR) is 198 cm³/mol. The minimum atomic E-state index is -1.13. The number of aliphatic hydroxyl groups excluding tert-OH is 1. The van der Waals surface area contributed by atoms with Gasteiger partial charge in [0.05, 0.1) is 0 Å². The molecule has 0 aliphatic rings. The van der Waals surface area contributed by atoms with E-state index in [1.807, 2.05) is 0 Å². The van der Waals surface area contributed by atoms with Gasteiger partial charge in [-0.15, -0.1) is 0 Å². The standard InChI is InChI=1S/C6H18Si2Te.C4H14OSi2.C4H12OSi.C4H14Si2Te.CH4O.H2O.2H2Te.2H2/c1-7(2,3)9-8(4,5)6;1-6(2)5-7(3)4;1-5-6(2,3)4;1-5(2)7-6(3)4;1-2;;;;;/h1-6H3;6-7H,1-4H3;1-4H3;5-6H,1-4H3;2H,1H3;3*1H2;2*1H. The molecule has 0 saturated carbocycles. The second kappa shape index (κ2) is 33.7. The third kappa shape index (κ3) is 99.5. The number of hydrogen-bond acceptors (Lipinski definition) is 3. The number of aliphatic hydroxyl groups is 1. The van der Waals surface area contributed by atoms with Gasteiger partial charge >= 0.3 is 175 Å². The Morgan fingerprint density at radius 1 is 0.618 bits per heavy atom. The van der Waals surface area contributed by atoms with E-state index in [2.05, 4.69) is 111 Å². The van der Waals surface area contributed by atoms with Crippen LogP contribution in [-0.2, 0) is 8.54 Å². The van der Waals surface area contributed by atoms with Crippen molar-refractivity contribution in [2.75, 3.05) is 14.2 Å². The van der Waals surface area contributed by atoms with E-state index in [1.165, 1.54) is 0 Å². The maximum absolute atomic E-state index is 7.00. The van der Waals surface area contributed by atoms with Gasteiger partial charge in [0.1, 0.15) is 0 Å². The van der Waals surface area contributed by atoms with Crippen molar-refractivity contribution < 1.29 is 22.0 Å². The number of hydrogen-bond donors (Lipinski definition) is 1. The molecule has 0 saturated heterocycles. The van der Waals surface area contributed by atoms with E-state index in [4.69, 9.17) is 13.6 Å². The summed E-state index contributed by atoms with van der Waals surface area (Å²) < 4.78 is 10.6. The van der Waals surface area contributed by atoms with Gasteiger partial charge in [-0.25, -0.2) is 0 Å². The number of rotatable bonds is 7. The predicted octanol–water partition coefficient (Wildman–Crippen LogP) is 2.90. The first-order valence-corrected chi connectivity index (χ1v) is 47.9. The Morgan fingerprint density at radius 3 is 0.824 bits per heavy atom. The summed E-state index contributed by atoms with van der Waals surface area (Å²) >= 11 is 1.07. The molecule has 0 aliphatic heterocycles. The van der Waals surface area contributed by atoms with Crippen LogP contribution >= 0.6 is 0 Å². The van der Waals surface area contributed by atoms with Crippen molar-refractivity contribution in [3.05, 3.63) is 0 Å². The monoisotopic (exact) mass is 1080 g/mol. The first-order chi connectivity index (χ1) is 13.5. The fraction of sp³-hybridized carbons (Fsp3) is 1.00. The van der Waals surface area contributed by atoms with Gasteiger partial charge in [0.2, 0.25) is 0 Å². The molecule has 4 nitrogen and oxygen atoms in total. The summed E-state index contributed by atoms with van der Waals surface area (Å²) in [4.78, 5) is 0. The molecule has 0 spiro atoms. The first-order valence-electron chi connectivity index (χ1n) is 11.5. The van der Waals surface area contributed by atoms with E-state index in [-0.39, 0.29) is 68.4 Å². The van der Waals surface area contributed by atoms with Crippen LogP contribution in [0.5, 0.6) is 0 Å². The van der Waals surface area contributed by atoms with E-state index in [0.717, 1.165) is 7.11 Å². The van der Waals surface area contributed by atoms with Gasteiger partial charge in [-0.2, -0.15) is 0 Å². The molecule has 34 heavy (non-hydrogen) atoms. The average molecular weight is 1070 g/mol.